The lowest BCUT2D eigenvalue weighted by Gasteiger charge is -2.22. The molecule has 0 saturated carbocycles. The van der Waals surface area contributed by atoms with Crippen molar-refractivity contribution >= 4 is 23.5 Å². The quantitative estimate of drug-likeness (QED) is 0.752. The van der Waals surface area contributed by atoms with E-state index in [4.69, 9.17) is 4.74 Å². The van der Waals surface area contributed by atoms with Gasteiger partial charge in [0, 0.05) is 11.5 Å². The fourth-order valence-electron chi connectivity index (χ4n) is 1.69. The summed E-state index contributed by atoms with van der Waals surface area (Å²) < 4.78 is 5.71. The van der Waals surface area contributed by atoms with Crippen molar-refractivity contribution in [3.63, 3.8) is 0 Å². The van der Waals surface area contributed by atoms with Gasteiger partial charge in [-0.1, -0.05) is 24.8 Å². The molecule has 86 valence electrons. The summed E-state index contributed by atoms with van der Waals surface area (Å²) >= 11 is 4.05. The molecule has 0 bridgehead atoms. The third-order valence-electron chi connectivity index (χ3n) is 2.58. The van der Waals surface area contributed by atoms with Crippen LogP contribution in [-0.4, -0.2) is 18.1 Å². The fourth-order valence-corrected chi connectivity index (χ4v) is 4.57. The second kappa shape index (κ2) is 5.19. The van der Waals surface area contributed by atoms with E-state index >= 15 is 0 Å². The van der Waals surface area contributed by atoms with Gasteiger partial charge in [-0.3, -0.25) is 0 Å². The molecule has 1 fully saturated rings. The van der Waals surface area contributed by atoms with Gasteiger partial charge in [0.2, 0.25) is 0 Å². The van der Waals surface area contributed by atoms with Crippen molar-refractivity contribution in [2.24, 2.45) is 0 Å². The van der Waals surface area contributed by atoms with Crippen LogP contribution >= 0.6 is 23.5 Å². The molecule has 0 unspecified atom stereocenters. The first-order chi connectivity index (χ1) is 7.74. The molecule has 1 aliphatic heterocycles. The molecule has 1 aliphatic rings. The van der Waals surface area contributed by atoms with Crippen molar-refractivity contribution in [3.8, 4) is 5.75 Å². The topological polar surface area (TPSA) is 9.23 Å². The van der Waals surface area contributed by atoms with Crippen LogP contribution in [-0.2, 0) is 4.08 Å². The summed E-state index contributed by atoms with van der Waals surface area (Å²) in [5.41, 5.74) is 1.38. The molecule has 0 aliphatic carbocycles. The smallest absolute Gasteiger partial charge is 0.119 e. The molecule has 0 radical (unpaired) electrons. The zero-order chi connectivity index (χ0) is 11.4. The van der Waals surface area contributed by atoms with Gasteiger partial charge in [0.25, 0.3) is 0 Å². The second-order valence-corrected chi connectivity index (χ2v) is 7.05. The van der Waals surface area contributed by atoms with Crippen LogP contribution in [0.4, 0.5) is 0 Å². The van der Waals surface area contributed by atoms with Gasteiger partial charge in [-0.05, 0) is 24.6 Å². The average Bonchev–Trinajstić information content (AvgIpc) is 2.75. The summed E-state index contributed by atoms with van der Waals surface area (Å²) in [6.07, 6.45) is 1.76. The molecule has 0 aromatic heterocycles. The van der Waals surface area contributed by atoms with E-state index in [9.17, 15) is 0 Å². The van der Waals surface area contributed by atoms with E-state index in [0.29, 0.717) is 6.61 Å². The Morgan fingerprint density at radius 1 is 1.31 bits per heavy atom. The van der Waals surface area contributed by atoms with Gasteiger partial charge in [0.1, 0.15) is 12.4 Å². The summed E-state index contributed by atoms with van der Waals surface area (Å²) in [5.74, 6) is 3.41. The molecule has 1 heterocycles. The van der Waals surface area contributed by atoms with Crippen LogP contribution in [0.3, 0.4) is 0 Å². The average molecular weight is 252 g/mol. The molecule has 16 heavy (non-hydrogen) atoms. The fraction of sp³-hybridized carbons (Fsp3) is 0.385. The molecule has 0 atom stereocenters. The Hall–Kier alpha value is -0.540. The van der Waals surface area contributed by atoms with E-state index in [-0.39, 0.29) is 4.08 Å². The Bertz CT molecular complexity index is 353. The van der Waals surface area contributed by atoms with Crippen LogP contribution in [0, 0.1) is 0 Å². The maximum absolute atomic E-state index is 5.47. The zero-order valence-corrected chi connectivity index (χ0v) is 11.1. The Morgan fingerprint density at radius 3 is 2.50 bits per heavy atom. The monoisotopic (exact) mass is 252 g/mol. The predicted octanol–water partition coefficient (Wildman–Crippen LogP) is 3.90. The second-order valence-electron chi connectivity index (χ2n) is 3.77. The van der Waals surface area contributed by atoms with Gasteiger partial charge >= 0.3 is 0 Å². The standard InChI is InChI=1S/C13H16OS2/c1-3-8-14-12-6-4-11(5-7-12)13(2)15-9-10-16-13/h3-7H,1,8-10H2,2H3. The highest BCUT2D eigenvalue weighted by Crippen LogP contribution is 2.51. The SMILES string of the molecule is C=CCOc1ccc(C2(C)SCCS2)cc1. The maximum Gasteiger partial charge on any atom is 0.119 e. The highest BCUT2D eigenvalue weighted by Gasteiger charge is 2.31. The van der Waals surface area contributed by atoms with Gasteiger partial charge in [-0.15, -0.1) is 23.5 Å². The van der Waals surface area contributed by atoms with Crippen molar-refractivity contribution in [1.29, 1.82) is 0 Å². The lowest BCUT2D eigenvalue weighted by molar-refractivity contribution is 0.363. The number of benzene rings is 1. The van der Waals surface area contributed by atoms with E-state index in [0.717, 1.165) is 5.75 Å². The van der Waals surface area contributed by atoms with E-state index in [1.807, 2.05) is 35.7 Å². The van der Waals surface area contributed by atoms with E-state index in [1.165, 1.54) is 17.1 Å². The molecule has 0 N–H and O–H groups in total. The zero-order valence-electron chi connectivity index (χ0n) is 9.44. The van der Waals surface area contributed by atoms with Crippen molar-refractivity contribution in [2.45, 2.75) is 11.0 Å². The minimum absolute atomic E-state index is 0.233. The number of hydrogen-bond acceptors (Lipinski definition) is 3. The number of thioether (sulfide) groups is 2. The maximum atomic E-state index is 5.47. The summed E-state index contributed by atoms with van der Waals surface area (Å²) in [6.45, 7) is 6.51. The third-order valence-corrected chi connectivity index (χ3v) is 5.94. The summed E-state index contributed by atoms with van der Waals surface area (Å²) in [5, 5.41) is 0. The molecule has 1 aromatic rings. The molecule has 1 aromatic carbocycles. The van der Waals surface area contributed by atoms with Gasteiger partial charge in [-0.25, -0.2) is 0 Å². The largest absolute Gasteiger partial charge is 0.490 e. The van der Waals surface area contributed by atoms with Gasteiger partial charge in [0.15, 0.2) is 0 Å². The highest BCUT2D eigenvalue weighted by atomic mass is 32.2. The molecular weight excluding hydrogens is 236 g/mol. The highest BCUT2D eigenvalue weighted by molar-refractivity contribution is 8.20. The van der Waals surface area contributed by atoms with E-state index in [2.05, 4.69) is 25.6 Å². The van der Waals surface area contributed by atoms with Crippen LogP contribution in [0.25, 0.3) is 0 Å². The Kier molecular flexibility index (Phi) is 3.87. The minimum atomic E-state index is 0.233. The Labute approximate surface area is 106 Å². The summed E-state index contributed by atoms with van der Waals surface area (Å²) in [4.78, 5) is 0. The molecule has 2 rings (SSSR count). The molecule has 0 amide bonds. The van der Waals surface area contributed by atoms with Crippen molar-refractivity contribution < 1.29 is 4.74 Å². The lowest BCUT2D eigenvalue weighted by Crippen LogP contribution is -2.08. The summed E-state index contributed by atoms with van der Waals surface area (Å²) in [7, 11) is 0. The van der Waals surface area contributed by atoms with Crippen LogP contribution in [0.15, 0.2) is 36.9 Å². The van der Waals surface area contributed by atoms with Crippen molar-refractivity contribution in [2.75, 3.05) is 18.1 Å². The number of rotatable bonds is 4. The number of ether oxygens (including phenoxy) is 1. The molecular formula is C13H16OS2. The normalized spacial score (nSPS) is 18.3. The van der Waals surface area contributed by atoms with E-state index < -0.39 is 0 Å². The van der Waals surface area contributed by atoms with Gasteiger partial charge in [-0.2, -0.15) is 0 Å². The first kappa shape index (κ1) is 11.9. The third kappa shape index (κ3) is 2.58. The van der Waals surface area contributed by atoms with E-state index in [1.54, 1.807) is 6.08 Å². The van der Waals surface area contributed by atoms with Gasteiger partial charge in [0.05, 0.1) is 4.08 Å². The van der Waals surface area contributed by atoms with Crippen LogP contribution in [0.1, 0.15) is 12.5 Å². The molecule has 1 saturated heterocycles. The Balaban J connectivity index is 2.09. The van der Waals surface area contributed by atoms with Crippen molar-refractivity contribution in [3.05, 3.63) is 42.5 Å². The Morgan fingerprint density at radius 2 is 1.94 bits per heavy atom. The van der Waals surface area contributed by atoms with Crippen molar-refractivity contribution in [1.82, 2.24) is 0 Å². The lowest BCUT2D eigenvalue weighted by atomic mass is 10.1. The molecule has 1 nitrogen and oxygen atoms in total. The van der Waals surface area contributed by atoms with Crippen LogP contribution in [0.2, 0.25) is 0 Å². The minimum Gasteiger partial charge on any atom is -0.490 e. The summed E-state index contributed by atoms with van der Waals surface area (Å²) in [6, 6.07) is 8.43. The molecule has 3 heteroatoms. The van der Waals surface area contributed by atoms with Crippen LogP contribution in [0.5, 0.6) is 5.75 Å². The predicted molar refractivity (Wildman–Crippen MR) is 74.4 cm³/mol. The first-order valence-corrected chi connectivity index (χ1v) is 7.34. The van der Waals surface area contributed by atoms with Gasteiger partial charge < -0.3 is 4.74 Å². The van der Waals surface area contributed by atoms with Crippen LogP contribution < -0.4 is 4.74 Å². The molecule has 0 spiro atoms. The number of hydrogen-bond donors (Lipinski definition) is 0. The first-order valence-electron chi connectivity index (χ1n) is 5.37.